The van der Waals surface area contributed by atoms with Crippen LogP contribution in [0.2, 0.25) is 0 Å². The van der Waals surface area contributed by atoms with Crippen molar-refractivity contribution >= 4 is 23.2 Å². The van der Waals surface area contributed by atoms with E-state index in [1.807, 2.05) is 0 Å². The van der Waals surface area contributed by atoms with Crippen molar-refractivity contribution in [3.63, 3.8) is 0 Å². The highest BCUT2D eigenvalue weighted by Gasteiger charge is 2.67. The molecule has 0 aromatic carbocycles. The van der Waals surface area contributed by atoms with Crippen molar-refractivity contribution in [1.29, 1.82) is 0 Å². The quantitative estimate of drug-likeness (QED) is 0.474. The molecule has 3 nitrogen and oxygen atoms in total. The van der Waals surface area contributed by atoms with Gasteiger partial charge in [-0.1, -0.05) is 20.8 Å². The van der Waals surface area contributed by atoms with Crippen LogP contribution in [0.5, 0.6) is 0 Å². The minimum Gasteiger partial charge on any atom is -0.494 e. The summed E-state index contributed by atoms with van der Waals surface area (Å²) in [7, 11) is 0. The molecular weight excluding hydrogens is 408 g/mol. The average molecular weight is 447 g/mol. The highest BCUT2D eigenvalue weighted by Crippen LogP contribution is 2.68. The fraction of sp³-hybridized carbons (Fsp3) is 0.852. The van der Waals surface area contributed by atoms with Crippen LogP contribution >= 0.6 is 11.6 Å². The molecule has 5 aliphatic rings. The largest absolute Gasteiger partial charge is 0.494 e. The fourth-order valence-corrected chi connectivity index (χ4v) is 8.92. The average Bonchev–Trinajstić information content (AvgIpc) is 3.22. The molecule has 1 aliphatic heterocycles. The minimum atomic E-state index is -0.274. The number of alkyl halides is 1. The predicted octanol–water partition coefficient (Wildman–Crippen LogP) is 6.33. The molecule has 172 valence electrons. The first kappa shape index (κ1) is 22.0. The first-order chi connectivity index (χ1) is 14.7. The number of ether oxygens (including phenoxy) is 1. The third-order valence-corrected chi connectivity index (χ3v) is 11.2. The molecule has 1 unspecified atom stereocenters. The first-order valence-electron chi connectivity index (χ1n) is 12.7. The van der Waals surface area contributed by atoms with Gasteiger partial charge >= 0.3 is 0 Å². The summed E-state index contributed by atoms with van der Waals surface area (Å²) in [5, 5.41) is 0. The highest BCUT2D eigenvalue weighted by molar-refractivity contribution is 6.18. The molecular formula is C27H39ClO3. The molecule has 0 spiro atoms. The van der Waals surface area contributed by atoms with E-state index >= 15 is 0 Å². The van der Waals surface area contributed by atoms with Gasteiger partial charge in [0.05, 0.1) is 5.76 Å². The van der Waals surface area contributed by atoms with Crippen LogP contribution in [0.1, 0.15) is 85.5 Å². The smallest absolute Gasteiger partial charge is 0.140 e. The van der Waals surface area contributed by atoms with E-state index in [1.165, 1.54) is 12.0 Å². The number of carbonyl (C=O) groups excluding carboxylic acids is 2. The number of fused-ring (bicyclic) bond motifs is 7. The number of allylic oxidation sites excluding steroid dienone is 1. The van der Waals surface area contributed by atoms with E-state index in [0.717, 1.165) is 44.3 Å². The summed E-state index contributed by atoms with van der Waals surface area (Å²) in [6, 6.07) is 0. The summed E-state index contributed by atoms with van der Waals surface area (Å²) < 4.78 is 6.56. The molecule has 1 heterocycles. The van der Waals surface area contributed by atoms with Gasteiger partial charge in [-0.2, -0.15) is 0 Å². The van der Waals surface area contributed by atoms with Crippen molar-refractivity contribution in [2.45, 2.75) is 91.6 Å². The highest BCUT2D eigenvalue weighted by atomic mass is 35.5. The van der Waals surface area contributed by atoms with E-state index in [-0.39, 0.29) is 22.9 Å². The maximum Gasteiger partial charge on any atom is 0.140 e. The van der Waals surface area contributed by atoms with Gasteiger partial charge in [-0.25, -0.2) is 0 Å². The van der Waals surface area contributed by atoms with Crippen molar-refractivity contribution in [3.8, 4) is 0 Å². The molecule has 4 fully saturated rings. The molecule has 0 aromatic heterocycles. The maximum atomic E-state index is 13.9. The van der Waals surface area contributed by atoms with Gasteiger partial charge in [-0.05, 0) is 79.6 Å². The van der Waals surface area contributed by atoms with Crippen LogP contribution in [0.4, 0.5) is 0 Å². The summed E-state index contributed by atoms with van der Waals surface area (Å²) in [4.78, 5) is 26.0. The molecule has 31 heavy (non-hydrogen) atoms. The normalized spacial score (nSPS) is 47.4. The van der Waals surface area contributed by atoms with Crippen LogP contribution < -0.4 is 0 Å². The molecule has 4 saturated carbocycles. The van der Waals surface area contributed by atoms with Crippen LogP contribution in [-0.2, 0) is 14.3 Å². The summed E-state index contributed by atoms with van der Waals surface area (Å²) in [5.74, 6) is 5.47. The Balaban J connectivity index is 1.41. The van der Waals surface area contributed by atoms with Crippen molar-refractivity contribution in [3.05, 3.63) is 11.3 Å². The van der Waals surface area contributed by atoms with Gasteiger partial charge in [0, 0.05) is 42.9 Å². The Kier molecular flexibility index (Phi) is 5.39. The topological polar surface area (TPSA) is 43.4 Å². The summed E-state index contributed by atoms with van der Waals surface area (Å²) >= 11 is 6.01. The Morgan fingerprint density at radius 2 is 1.94 bits per heavy atom. The third kappa shape index (κ3) is 3.11. The van der Waals surface area contributed by atoms with Crippen LogP contribution in [-0.4, -0.2) is 23.6 Å². The SMILES string of the molecule is CC1=C(CCC(C)CCl)O[C@H]2C[C@H]3[C@@H]4CC[C@H]5CC(=O)CC[C@]5(C)[C@H]4CC(=O)[C@]3(C)[C@@H]12. The Morgan fingerprint density at radius 3 is 2.68 bits per heavy atom. The Bertz CT molecular complexity index is 817. The van der Waals surface area contributed by atoms with E-state index < -0.39 is 0 Å². The Labute approximate surface area is 192 Å². The summed E-state index contributed by atoms with van der Waals surface area (Å²) in [5.41, 5.74) is 1.23. The number of hydrogen-bond donors (Lipinski definition) is 0. The third-order valence-electron chi connectivity index (χ3n) is 10.7. The lowest BCUT2D eigenvalue weighted by Gasteiger charge is -2.59. The van der Waals surface area contributed by atoms with Crippen LogP contribution in [0.25, 0.3) is 0 Å². The van der Waals surface area contributed by atoms with Crippen molar-refractivity contribution in [2.75, 3.05) is 5.88 Å². The Morgan fingerprint density at radius 1 is 1.16 bits per heavy atom. The van der Waals surface area contributed by atoms with Gasteiger partial charge in [0.25, 0.3) is 0 Å². The van der Waals surface area contributed by atoms with E-state index in [1.54, 1.807) is 0 Å². The number of carbonyl (C=O) groups is 2. The molecule has 0 bridgehead atoms. The second-order valence-corrected chi connectivity index (χ2v) is 12.4. The van der Waals surface area contributed by atoms with E-state index in [9.17, 15) is 9.59 Å². The van der Waals surface area contributed by atoms with Gasteiger partial charge in [-0.15, -0.1) is 11.6 Å². The second kappa shape index (κ2) is 7.61. The Hall–Kier alpha value is -0.830. The number of halogens is 1. The molecule has 0 aromatic rings. The number of ketones is 2. The van der Waals surface area contributed by atoms with Crippen LogP contribution in [0.15, 0.2) is 11.3 Å². The van der Waals surface area contributed by atoms with Crippen molar-refractivity contribution < 1.29 is 14.3 Å². The first-order valence-corrected chi connectivity index (χ1v) is 13.2. The van der Waals surface area contributed by atoms with Gasteiger partial charge in [0.2, 0.25) is 0 Å². The molecule has 0 saturated heterocycles. The molecule has 4 heteroatoms. The number of hydrogen-bond acceptors (Lipinski definition) is 3. The molecule has 5 rings (SSSR count). The van der Waals surface area contributed by atoms with E-state index in [0.29, 0.717) is 59.9 Å². The lowest BCUT2D eigenvalue weighted by atomic mass is 9.44. The minimum absolute atomic E-state index is 0.167. The molecule has 0 N–H and O–H groups in total. The monoisotopic (exact) mass is 446 g/mol. The van der Waals surface area contributed by atoms with Gasteiger partial charge in [-0.3, -0.25) is 9.59 Å². The van der Waals surface area contributed by atoms with Gasteiger partial charge in [0.1, 0.15) is 17.7 Å². The molecule has 9 atom stereocenters. The molecule has 0 amide bonds. The zero-order valence-corrected chi connectivity index (χ0v) is 20.5. The van der Waals surface area contributed by atoms with E-state index in [4.69, 9.17) is 16.3 Å². The van der Waals surface area contributed by atoms with Crippen molar-refractivity contribution in [1.82, 2.24) is 0 Å². The zero-order chi connectivity index (χ0) is 22.1. The maximum absolute atomic E-state index is 13.9. The number of Topliss-reactive ketones (excluding diaryl/α,β-unsaturated/α-hetero) is 2. The zero-order valence-electron chi connectivity index (χ0n) is 19.7. The summed E-state index contributed by atoms with van der Waals surface area (Å²) in [6.45, 7) is 9.10. The van der Waals surface area contributed by atoms with Crippen LogP contribution in [0.3, 0.4) is 0 Å². The summed E-state index contributed by atoms with van der Waals surface area (Å²) in [6.07, 6.45) is 8.72. The van der Waals surface area contributed by atoms with Crippen molar-refractivity contribution in [2.24, 2.45) is 46.3 Å². The van der Waals surface area contributed by atoms with Gasteiger partial charge < -0.3 is 4.74 Å². The predicted molar refractivity (Wildman–Crippen MR) is 123 cm³/mol. The van der Waals surface area contributed by atoms with Gasteiger partial charge in [0.15, 0.2) is 0 Å². The number of rotatable bonds is 4. The fourth-order valence-electron chi connectivity index (χ4n) is 8.76. The second-order valence-electron chi connectivity index (χ2n) is 12.1. The molecule has 0 radical (unpaired) electrons. The van der Waals surface area contributed by atoms with E-state index in [2.05, 4.69) is 27.7 Å². The lowest BCUT2D eigenvalue weighted by Crippen LogP contribution is -2.56. The van der Waals surface area contributed by atoms with Crippen LogP contribution in [0, 0.1) is 46.3 Å². The molecule has 4 aliphatic carbocycles. The lowest BCUT2D eigenvalue weighted by molar-refractivity contribution is -0.156. The standard InChI is InChI=1S/C27H39ClO3/c1-15(14-28)5-8-22-16(2)25-23(31-22)12-21-19-7-6-17-11-18(29)9-10-26(17,3)20(19)13-24(30)27(21,25)4/h15,17,19-21,23,25H,5-14H2,1-4H3/t15?,17-,19+,20-,21-,23-,25-,26-,27+/m0/s1.